The lowest BCUT2D eigenvalue weighted by Crippen LogP contribution is -2.10. The van der Waals surface area contributed by atoms with Gasteiger partial charge < -0.3 is 15.0 Å². The summed E-state index contributed by atoms with van der Waals surface area (Å²) in [6, 6.07) is 7.57. The van der Waals surface area contributed by atoms with E-state index in [1.165, 1.54) is 6.08 Å². The second-order valence-electron chi connectivity index (χ2n) is 5.89. The molecule has 0 saturated carbocycles. The molecule has 6 heteroatoms. The number of nitrogens with two attached hydrogens (primary N) is 1. The summed E-state index contributed by atoms with van der Waals surface area (Å²) in [6.07, 6.45) is 4.66. The van der Waals surface area contributed by atoms with Gasteiger partial charge >= 0.3 is 5.97 Å². The highest BCUT2D eigenvalue weighted by atomic mass is 16.5. The van der Waals surface area contributed by atoms with Crippen LogP contribution in [0.25, 0.3) is 22.2 Å². The van der Waals surface area contributed by atoms with Gasteiger partial charge in [-0.1, -0.05) is 44.6 Å². The zero-order valence-electron chi connectivity index (χ0n) is 14.4. The van der Waals surface area contributed by atoms with E-state index < -0.39 is 5.97 Å². The molecule has 0 aliphatic carbocycles. The van der Waals surface area contributed by atoms with Crippen LogP contribution >= 0.6 is 0 Å². The molecule has 3 aromatic rings. The first-order chi connectivity index (χ1) is 12.2. The van der Waals surface area contributed by atoms with Gasteiger partial charge in [0.25, 0.3) is 0 Å². The van der Waals surface area contributed by atoms with Gasteiger partial charge in [0.1, 0.15) is 23.5 Å². The molecule has 0 aliphatic rings. The van der Waals surface area contributed by atoms with Crippen LogP contribution in [0.4, 0.5) is 5.82 Å². The summed E-state index contributed by atoms with van der Waals surface area (Å²) in [5.41, 5.74) is 9.18. The Balaban J connectivity index is 2.18. The molecule has 130 valence electrons. The summed E-state index contributed by atoms with van der Waals surface area (Å²) in [5, 5.41) is 0. The number of aromatic nitrogens is 3. The highest BCUT2D eigenvalue weighted by molar-refractivity contribution is 6.08. The van der Waals surface area contributed by atoms with Crippen LogP contribution in [-0.4, -0.2) is 27.1 Å². The topological polar surface area (TPSA) is 83.0 Å². The third kappa shape index (κ3) is 3.20. The molecule has 0 fully saturated rings. The lowest BCUT2D eigenvalue weighted by Gasteiger charge is -2.07. The lowest BCUT2D eigenvalue weighted by molar-refractivity contribution is 0.0553. The number of esters is 1. The van der Waals surface area contributed by atoms with E-state index in [0.29, 0.717) is 23.5 Å². The number of para-hydroxylation sites is 2. The van der Waals surface area contributed by atoms with E-state index >= 15 is 0 Å². The first-order valence-corrected chi connectivity index (χ1v) is 8.49. The molecule has 6 nitrogen and oxygen atoms in total. The molecule has 2 heterocycles. The number of carbonyl (C=O) groups is 1. The van der Waals surface area contributed by atoms with E-state index in [1.54, 1.807) is 0 Å². The Hall–Kier alpha value is -2.89. The Morgan fingerprint density at radius 1 is 1.28 bits per heavy atom. The number of hydrogen-bond donors (Lipinski definition) is 1. The molecule has 0 radical (unpaired) electrons. The normalized spacial score (nSPS) is 11.1. The Bertz CT molecular complexity index is 930. The molecule has 2 N–H and O–H groups in total. The van der Waals surface area contributed by atoms with Gasteiger partial charge in [0.2, 0.25) is 0 Å². The van der Waals surface area contributed by atoms with Crippen LogP contribution in [0, 0.1) is 0 Å². The Morgan fingerprint density at radius 2 is 2.00 bits per heavy atom. The van der Waals surface area contributed by atoms with Crippen molar-refractivity contribution in [3.63, 3.8) is 0 Å². The maximum absolute atomic E-state index is 12.5. The standard InChI is InChI=1S/C19H22N4O2/c1-3-5-8-11-23-17(20)15(19(24)25-12-4-2)16-18(23)22-14-10-7-6-9-13(14)21-16/h4,6-7,9-10H,2-3,5,8,11-12,20H2,1H3. The van der Waals surface area contributed by atoms with Crippen LogP contribution in [0.1, 0.15) is 36.5 Å². The van der Waals surface area contributed by atoms with Crippen LogP contribution in [0.3, 0.4) is 0 Å². The fourth-order valence-corrected chi connectivity index (χ4v) is 2.87. The first kappa shape index (κ1) is 17.0. The minimum absolute atomic E-state index is 0.127. The smallest absolute Gasteiger partial charge is 0.344 e. The van der Waals surface area contributed by atoms with Crippen LogP contribution in [0.15, 0.2) is 36.9 Å². The highest BCUT2D eigenvalue weighted by Crippen LogP contribution is 2.29. The molecule has 0 amide bonds. The Kier molecular flexibility index (Phi) is 4.97. The van der Waals surface area contributed by atoms with E-state index in [-0.39, 0.29) is 12.2 Å². The first-order valence-electron chi connectivity index (χ1n) is 8.49. The number of anilines is 1. The second-order valence-corrected chi connectivity index (χ2v) is 5.89. The largest absolute Gasteiger partial charge is 0.458 e. The van der Waals surface area contributed by atoms with E-state index in [2.05, 4.69) is 18.5 Å². The van der Waals surface area contributed by atoms with Crippen molar-refractivity contribution < 1.29 is 9.53 Å². The van der Waals surface area contributed by atoms with Gasteiger partial charge in [-0.15, -0.1) is 0 Å². The number of unbranched alkanes of at least 4 members (excludes halogenated alkanes) is 2. The predicted octanol–water partition coefficient (Wildman–Crippen LogP) is 3.70. The minimum Gasteiger partial charge on any atom is -0.458 e. The SMILES string of the molecule is C=CCOC(=O)c1c(N)n(CCCCC)c2nc3ccccc3nc12. The van der Waals surface area contributed by atoms with Gasteiger partial charge in [-0.05, 0) is 18.6 Å². The van der Waals surface area contributed by atoms with Crippen LogP contribution in [0.2, 0.25) is 0 Å². The van der Waals surface area contributed by atoms with Crippen molar-refractivity contribution >= 4 is 34.0 Å². The lowest BCUT2D eigenvalue weighted by atomic mass is 10.2. The van der Waals surface area contributed by atoms with Gasteiger partial charge in [-0.3, -0.25) is 0 Å². The quantitative estimate of drug-likeness (QED) is 0.403. The molecule has 0 atom stereocenters. The molecule has 1 aromatic carbocycles. The molecular formula is C19H22N4O2. The van der Waals surface area contributed by atoms with Crippen molar-refractivity contribution in [2.45, 2.75) is 32.7 Å². The number of rotatable bonds is 7. The molecule has 0 saturated heterocycles. The van der Waals surface area contributed by atoms with Gasteiger partial charge in [0, 0.05) is 6.54 Å². The average molecular weight is 338 g/mol. The number of nitrogen functional groups attached to an aromatic ring is 1. The third-order valence-corrected chi connectivity index (χ3v) is 4.11. The maximum atomic E-state index is 12.5. The molecule has 25 heavy (non-hydrogen) atoms. The number of hydrogen-bond acceptors (Lipinski definition) is 5. The van der Waals surface area contributed by atoms with Crippen LogP contribution < -0.4 is 5.73 Å². The van der Waals surface area contributed by atoms with Crippen molar-refractivity contribution in [3.8, 4) is 0 Å². The molecule has 0 aliphatic heterocycles. The molecular weight excluding hydrogens is 316 g/mol. The molecule has 0 bridgehead atoms. The van der Waals surface area contributed by atoms with E-state index in [0.717, 1.165) is 30.3 Å². The summed E-state index contributed by atoms with van der Waals surface area (Å²) in [5.74, 6) is -0.142. The number of ether oxygens (including phenoxy) is 1. The fraction of sp³-hybridized carbons (Fsp3) is 0.316. The third-order valence-electron chi connectivity index (χ3n) is 4.11. The number of carbonyl (C=O) groups excluding carboxylic acids is 1. The number of aryl methyl sites for hydroxylation is 1. The average Bonchev–Trinajstić information content (AvgIpc) is 2.89. The zero-order chi connectivity index (χ0) is 17.8. The van der Waals surface area contributed by atoms with E-state index in [9.17, 15) is 4.79 Å². The summed E-state index contributed by atoms with van der Waals surface area (Å²) in [6.45, 7) is 6.53. The monoisotopic (exact) mass is 338 g/mol. The van der Waals surface area contributed by atoms with Crippen molar-refractivity contribution in [1.82, 2.24) is 14.5 Å². The predicted molar refractivity (Wildman–Crippen MR) is 99.5 cm³/mol. The zero-order valence-corrected chi connectivity index (χ0v) is 14.4. The maximum Gasteiger partial charge on any atom is 0.344 e. The van der Waals surface area contributed by atoms with E-state index in [1.807, 2.05) is 28.8 Å². The Labute approximate surface area is 146 Å². The van der Waals surface area contributed by atoms with Gasteiger partial charge in [-0.2, -0.15) is 0 Å². The number of nitrogens with zero attached hydrogens (tertiary/aromatic N) is 3. The molecule has 2 aromatic heterocycles. The Morgan fingerprint density at radius 3 is 2.68 bits per heavy atom. The summed E-state index contributed by atoms with van der Waals surface area (Å²) in [7, 11) is 0. The van der Waals surface area contributed by atoms with Crippen molar-refractivity contribution in [3.05, 3.63) is 42.5 Å². The molecule has 3 rings (SSSR count). The number of benzene rings is 1. The van der Waals surface area contributed by atoms with E-state index in [4.69, 9.17) is 15.5 Å². The number of fused-ring (bicyclic) bond motifs is 2. The molecule has 0 spiro atoms. The van der Waals surface area contributed by atoms with Crippen molar-refractivity contribution in [1.29, 1.82) is 0 Å². The summed E-state index contributed by atoms with van der Waals surface area (Å²) >= 11 is 0. The van der Waals surface area contributed by atoms with Crippen molar-refractivity contribution in [2.75, 3.05) is 12.3 Å². The fourth-order valence-electron chi connectivity index (χ4n) is 2.87. The van der Waals surface area contributed by atoms with Crippen LogP contribution in [-0.2, 0) is 11.3 Å². The van der Waals surface area contributed by atoms with Crippen LogP contribution in [0.5, 0.6) is 0 Å². The molecule has 0 unspecified atom stereocenters. The summed E-state index contributed by atoms with van der Waals surface area (Å²) in [4.78, 5) is 21.8. The minimum atomic E-state index is -0.499. The highest BCUT2D eigenvalue weighted by Gasteiger charge is 2.24. The van der Waals surface area contributed by atoms with Gasteiger partial charge in [-0.25, -0.2) is 14.8 Å². The summed E-state index contributed by atoms with van der Waals surface area (Å²) < 4.78 is 7.07. The second kappa shape index (κ2) is 7.34. The van der Waals surface area contributed by atoms with Gasteiger partial charge in [0.05, 0.1) is 11.0 Å². The van der Waals surface area contributed by atoms with Gasteiger partial charge in [0.15, 0.2) is 5.65 Å². The van der Waals surface area contributed by atoms with Crippen molar-refractivity contribution in [2.24, 2.45) is 0 Å².